The summed E-state index contributed by atoms with van der Waals surface area (Å²) in [7, 11) is -4.15. The van der Waals surface area contributed by atoms with Gasteiger partial charge in [0.2, 0.25) is 0 Å². The molecule has 25 heavy (non-hydrogen) atoms. The van der Waals surface area contributed by atoms with Gasteiger partial charge in [-0.25, -0.2) is 27.2 Å². The van der Waals surface area contributed by atoms with E-state index in [2.05, 4.69) is 9.97 Å². The molecule has 0 aliphatic carbocycles. The van der Waals surface area contributed by atoms with Crippen LogP contribution in [0.25, 0.3) is 0 Å². The summed E-state index contributed by atoms with van der Waals surface area (Å²) < 4.78 is 54.1. The maximum absolute atomic E-state index is 14.3. The first kappa shape index (κ1) is 17.4. The number of nitrogens with zero attached hydrogens (tertiary/aromatic N) is 2. The van der Waals surface area contributed by atoms with Gasteiger partial charge in [0, 0.05) is 23.0 Å². The molecule has 0 saturated heterocycles. The van der Waals surface area contributed by atoms with E-state index in [-0.39, 0.29) is 16.3 Å². The molecule has 1 heterocycles. The van der Waals surface area contributed by atoms with Gasteiger partial charge in [-0.05, 0) is 48.5 Å². The van der Waals surface area contributed by atoms with Crippen LogP contribution in [0.5, 0.6) is 0 Å². The third-order valence-corrected chi connectivity index (χ3v) is 5.78. The molecule has 0 radical (unpaired) electrons. The minimum atomic E-state index is -4.15. The molecule has 2 aromatic carbocycles. The lowest BCUT2D eigenvalue weighted by Gasteiger charge is -2.18. The standard InChI is InChI=1S/C17H11ClF2N2O2S/c18-11-2-5-13(6-3-11)25(23,24)16(17-21-8-1-9-22-17)14-10-12(19)4-7-15(14)20/h1-10,16H. The van der Waals surface area contributed by atoms with Gasteiger partial charge >= 0.3 is 0 Å². The Bertz CT molecular complexity index is 997. The van der Waals surface area contributed by atoms with E-state index in [9.17, 15) is 17.2 Å². The van der Waals surface area contributed by atoms with Crippen molar-refractivity contribution < 1.29 is 17.2 Å². The van der Waals surface area contributed by atoms with Gasteiger partial charge in [-0.1, -0.05) is 11.6 Å². The van der Waals surface area contributed by atoms with Crippen LogP contribution in [-0.2, 0) is 9.84 Å². The number of hydrogen-bond acceptors (Lipinski definition) is 4. The van der Waals surface area contributed by atoms with Crippen molar-refractivity contribution in [2.24, 2.45) is 0 Å². The Morgan fingerprint density at radius 2 is 1.60 bits per heavy atom. The molecule has 3 rings (SSSR count). The summed E-state index contributed by atoms with van der Waals surface area (Å²) in [6.45, 7) is 0. The summed E-state index contributed by atoms with van der Waals surface area (Å²) in [5.74, 6) is -1.78. The maximum Gasteiger partial charge on any atom is 0.192 e. The molecule has 0 fully saturated rings. The molecule has 4 nitrogen and oxygen atoms in total. The summed E-state index contributed by atoms with van der Waals surface area (Å²) in [5.41, 5.74) is -0.360. The lowest BCUT2D eigenvalue weighted by Crippen LogP contribution is -2.19. The monoisotopic (exact) mass is 380 g/mol. The van der Waals surface area contributed by atoms with Gasteiger partial charge in [0.25, 0.3) is 0 Å². The van der Waals surface area contributed by atoms with Crippen LogP contribution in [0.3, 0.4) is 0 Å². The molecule has 0 bridgehead atoms. The molecule has 0 aliphatic heterocycles. The van der Waals surface area contributed by atoms with Gasteiger partial charge < -0.3 is 0 Å². The van der Waals surface area contributed by atoms with Crippen LogP contribution in [0, 0.1) is 11.6 Å². The topological polar surface area (TPSA) is 59.9 Å². The maximum atomic E-state index is 14.3. The molecule has 3 aromatic rings. The lowest BCUT2D eigenvalue weighted by atomic mass is 10.1. The predicted molar refractivity (Wildman–Crippen MR) is 88.9 cm³/mol. The van der Waals surface area contributed by atoms with Crippen LogP contribution in [-0.4, -0.2) is 18.4 Å². The van der Waals surface area contributed by atoms with Crippen molar-refractivity contribution >= 4 is 21.4 Å². The number of sulfone groups is 1. The fraction of sp³-hybridized carbons (Fsp3) is 0.0588. The van der Waals surface area contributed by atoms with E-state index in [1.807, 2.05) is 0 Å². The van der Waals surface area contributed by atoms with Crippen LogP contribution >= 0.6 is 11.6 Å². The van der Waals surface area contributed by atoms with E-state index in [1.54, 1.807) is 0 Å². The molecule has 1 aromatic heterocycles. The zero-order valence-electron chi connectivity index (χ0n) is 12.6. The Kier molecular flexibility index (Phi) is 4.78. The molecular formula is C17H11ClF2N2O2S. The Morgan fingerprint density at radius 1 is 0.960 bits per heavy atom. The zero-order chi connectivity index (χ0) is 18.0. The molecule has 0 saturated carbocycles. The second kappa shape index (κ2) is 6.85. The highest BCUT2D eigenvalue weighted by Gasteiger charge is 2.35. The second-order valence-corrected chi connectivity index (χ2v) is 7.62. The smallest absolute Gasteiger partial charge is 0.192 e. The Labute approximate surface area is 148 Å². The largest absolute Gasteiger partial charge is 0.240 e. The zero-order valence-corrected chi connectivity index (χ0v) is 14.2. The molecule has 0 aliphatic rings. The molecule has 8 heteroatoms. The first-order valence-electron chi connectivity index (χ1n) is 7.11. The van der Waals surface area contributed by atoms with Crippen LogP contribution < -0.4 is 0 Å². The van der Waals surface area contributed by atoms with E-state index in [0.29, 0.717) is 5.02 Å². The van der Waals surface area contributed by atoms with Crippen molar-refractivity contribution in [2.75, 3.05) is 0 Å². The third-order valence-electron chi connectivity index (χ3n) is 3.51. The van der Waals surface area contributed by atoms with E-state index in [4.69, 9.17) is 11.6 Å². The van der Waals surface area contributed by atoms with E-state index < -0.39 is 26.7 Å². The van der Waals surface area contributed by atoms with E-state index in [1.165, 1.54) is 42.7 Å². The fourth-order valence-corrected chi connectivity index (χ4v) is 4.19. The SMILES string of the molecule is O=S(=O)(c1ccc(Cl)cc1)C(c1ncccn1)c1cc(F)ccc1F. The highest BCUT2D eigenvalue weighted by atomic mass is 35.5. The summed E-state index contributed by atoms with van der Waals surface area (Å²) in [5, 5.41) is -1.24. The summed E-state index contributed by atoms with van der Waals surface area (Å²) in [6, 6.07) is 9.52. The average molecular weight is 381 g/mol. The van der Waals surface area contributed by atoms with Crippen molar-refractivity contribution in [3.63, 3.8) is 0 Å². The van der Waals surface area contributed by atoms with Crippen LogP contribution in [0.2, 0.25) is 5.02 Å². The minimum Gasteiger partial charge on any atom is -0.240 e. The van der Waals surface area contributed by atoms with E-state index >= 15 is 0 Å². The molecule has 128 valence electrons. The highest BCUT2D eigenvalue weighted by Crippen LogP contribution is 2.35. The summed E-state index contributed by atoms with van der Waals surface area (Å²) in [6.07, 6.45) is 2.67. The number of benzene rings is 2. The second-order valence-electron chi connectivity index (χ2n) is 5.15. The Balaban J connectivity index is 2.25. The predicted octanol–water partition coefficient (Wildman–Crippen LogP) is 3.97. The normalized spacial score (nSPS) is 12.8. The molecule has 0 N–H and O–H groups in total. The first-order chi connectivity index (χ1) is 11.9. The van der Waals surface area contributed by atoms with E-state index in [0.717, 1.165) is 18.2 Å². The average Bonchev–Trinajstić information content (AvgIpc) is 2.59. The van der Waals surface area contributed by atoms with Gasteiger partial charge in [-0.15, -0.1) is 0 Å². The fourth-order valence-electron chi connectivity index (χ4n) is 2.37. The van der Waals surface area contributed by atoms with Crippen LogP contribution in [0.4, 0.5) is 8.78 Å². The molecule has 1 unspecified atom stereocenters. The van der Waals surface area contributed by atoms with Crippen molar-refractivity contribution in [1.82, 2.24) is 9.97 Å². The summed E-state index contributed by atoms with van der Waals surface area (Å²) in [4.78, 5) is 7.76. The quantitative estimate of drug-likeness (QED) is 0.687. The third kappa shape index (κ3) is 3.52. The molecular weight excluding hydrogens is 370 g/mol. The number of rotatable bonds is 4. The first-order valence-corrected chi connectivity index (χ1v) is 9.03. The van der Waals surface area contributed by atoms with Crippen LogP contribution in [0.1, 0.15) is 16.6 Å². The van der Waals surface area contributed by atoms with Crippen molar-refractivity contribution in [2.45, 2.75) is 10.1 Å². The Hall–Kier alpha value is -2.38. The van der Waals surface area contributed by atoms with Gasteiger partial charge in [-0.2, -0.15) is 0 Å². The van der Waals surface area contributed by atoms with Crippen molar-refractivity contribution in [3.05, 3.63) is 89.0 Å². The van der Waals surface area contributed by atoms with Gasteiger partial charge in [-0.3, -0.25) is 0 Å². The van der Waals surface area contributed by atoms with Crippen LogP contribution in [0.15, 0.2) is 65.8 Å². The molecule has 1 atom stereocenters. The molecule has 0 spiro atoms. The number of hydrogen-bond donors (Lipinski definition) is 0. The molecule has 0 amide bonds. The number of halogens is 3. The van der Waals surface area contributed by atoms with Crippen molar-refractivity contribution in [3.8, 4) is 0 Å². The van der Waals surface area contributed by atoms with Gasteiger partial charge in [0.05, 0.1) is 4.90 Å². The number of aromatic nitrogens is 2. The minimum absolute atomic E-state index is 0.0991. The van der Waals surface area contributed by atoms with Gasteiger partial charge in [0.15, 0.2) is 20.9 Å². The van der Waals surface area contributed by atoms with Gasteiger partial charge in [0.1, 0.15) is 11.6 Å². The highest BCUT2D eigenvalue weighted by molar-refractivity contribution is 7.91. The Morgan fingerprint density at radius 3 is 2.24 bits per heavy atom. The van der Waals surface area contributed by atoms with Crippen molar-refractivity contribution in [1.29, 1.82) is 0 Å². The lowest BCUT2D eigenvalue weighted by molar-refractivity contribution is 0.566. The summed E-state index contributed by atoms with van der Waals surface area (Å²) >= 11 is 5.79.